The molecule has 1 fully saturated rings. The Morgan fingerprint density at radius 1 is 1.00 bits per heavy atom. The van der Waals surface area contributed by atoms with Crippen molar-refractivity contribution in [3.63, 3.8) is 0 Å². The second-order valence-electron chi connectivity index (χ2n) is 8.63. The number of carboxylic acids is 1. The van der Waals surface area contributed by atoms with E-state index in [4.69, 9.17) is 9.84 Å². The van der Waals surface area contributed by atoms with Crippen molar-refractivity contribution < 1.29 is 27.8 Å². The molecule has 0 amide bonds. The highest BCUT2D eigenvalue weighted by molar-refractivity contribution is 5.85. The Hall–Kier alpha value is -3.56. The summed E-state index contributed by atoms with van der Waals surface area (Å²) in [5.74, 6) is -0.518. The zero-order chi connectivity index (χ0) is 24.6. The number of para-hydroxylation sites is 1. The zero-order valence-electron chi connectivity index (χ0n) is 19.0. The Labute approximate surface area is 211 Å². The normalized spacial score (nSPS) is 14.3. The Balaban J connectivity index is 0.00000304. The van der Waals surface area contributed by atoms with E-state index in [1.165, 1.54) is 0 Å². The quantitative estimate of drug-likeness (QED) is 0.347. The van der Waals surface area contributed by atoms with Crippen LogP contribution in [-0.2, 0) is 24.1 Å². The highest BCUT2D eigenvalue weighted by Crippen LogP contribution is 2.32. The molecule has 0 radical (unpaired) electrons. The van der Waals surface area contributed by atoms with Crippen LogP contribution in [0.25, 0.3) is 16.5 Å². The fraction of sp³-hybridized carbons (Fsp3) is 0.231. The predicted octanol–water partition coefficient (Wildman–Crippen LogP) is 5.56. The molecule has 0 aliphatic carbocycles. The van der Waals surface area contributed by atoms with Gasteiger partial charge in [-0.2, -0.15) is 18.3 Å². The van der Waals surface area contributed by atoms with Crippen molar-refractivity contribution in [2.24, 2.45) is 5.92 Å². The molecule has 10 heteroatoms. The van der Waals surface area contributed by atoms with Crippen molar-refractivity contribution in [1.29, 1.82) is 0 Å². The van der Waals surface area contributed by atoms with Crippen molar-refractivity contribution >= 4 is 29.1 Å². The van der Waals surface area contributed by atoms with Gasteiger partial charge in [-0.3, -0.25) is 9.69 Å². The van der Waals surface area contributed by atoms with Crippen LogP contribution in [-0.4, -0.2) is 38.8 Å². The lowest BCUT2D eigenvalue weighted by molar-refractivity contribution is -0.147. The number of carboxylic acid groups (broad SMARTS) is 1. The monoisotopic (exact) mass is 517 g/mol. The third-order valence-electron chi connectivity index (χ3n) is 6.03. The summed E-state index contributed by atoms with van der Waals surface area (Å²) in [5.41, 5.74) is 0.724. The molecule has 1 aliphatic heterocycles. The maximum Gasteiger partial charge on any atom is 0.433 e. The Bertz CT molecular complexity index is 1370. The van der Waals surface area contributed by atoms with E-state index in [0.717, 1.165) is 27.1 Å². The molecule has 3 aromatic carbocycles. The number of fused-ring (bicyclic) bond motifs is 1. The van der Waals surface area contributed by atoms with Gasteiger partial charge in [0.25, 0.3) is 0 Å². The van der Waals surface area contributed by atoms with Gasteiger partial charge in [0.05, 0.1) is 11.6 Å². The van der Waals surface area contributed by atoms with Gasteiger partial charge in [0, 0.05) is 19.6 Å². The van der Waals surface area contributed by atoms with Crippen LogP contribution in [0.5, 0.6) is 5.75 Å². The summed E-state index contributed by atoms with van der Waals surface area (Å²) in [7, 11) is 0. The molecular weight excluding hydrogens is 495 g/mol. The Morgan fingerprint density at radius 2 is 1.69 bits per heavy atom. The van der Waals surface area contributed by atoms with Gasteiger partial charge in [0.1, 0.15) is 23.7 Å². The van der Waals surface area contributed by atoms with Crippen molar-refractivity contribution in [3.05, 3.63) is 89.7 Å². The van der Waals surface area contributed by atoms with Crippen molar-refractivity contribution in [2.75, 3.05) is 13.1 Å². The van der Waals surface area contributed by atoms with Crippen LogP contribution in [0.4, 0.5) is 13.2 Å². The summed E-state index contributed by atoms with van der Waals surface area (Å²) in [6.07, 6.45) is -4.55. The molecule has 1 saturated heterocycles. The van der Waals surface area contributed by atoms with Gasteiger partial charge in [-0.05, 0) is 52.7 Å². The van der Waals surface area contributed by atoms with E-state index in [0.29, 0.717) is 31.1 Å². The molecule has 0 spiro atoms. The minimum absolute atomic E-state index is 0. The van der Waals surface area contributed by atoms with E-state index in [2.05, 4.69) is 10.00 Å². The number of hydrogen-bond donors (Lipinski definition) is 1. The van der Waals surface area contributed by atoms with Crippen molar-refractivity contribution in [3.8, 4) is 11.4 Å². The summed E-state index contributed by atoms with van der Waals surface area (Å²) >= 11 is 0. The van der Waals surface area contributed by atoms with Gasteiger partial charge in [-0.25, -0.2) is 4.68 Å². The molecular formula is C26H23ClF3N3O3. The number of aromatic nitrogens is 2. The smallest absolute Gasteiger partial charge is 0.433 e. The molecule has 0 saturated carbocycles. The summed E-state index contributed by atoms with van der Waals surface area (Å²) in [6, 6.07) is 20.7. The molecule has 6 nitrogen and oxygen atoms in total. The molecule has 0 unspecified atom stereocenters. The highest BCUT2D eigenvalue weighted by atomic mass is 35.5. The number of halogens is 4. The van der Waals surface area contributed by atoms with Gasteiger partial charge >= 0.3 is 12.1 Å². The highest BCUT2D eigenvalue weighted by Gasteiger charge is 2.36. The molecule has 2 heterocycles. The molecule has 0 bridgehead atoms. The number of nitrogens with zero attached hydrogens (tertiary/aromatic N) is 3. The van der Waals surface area contributed by atoms with Crippen LogP contribution < -0.4 is 4.74 Å². The van der Waals surface area contributed by atoms with E-state index in [9.17, 15) is 18.0 Å². The standard InChI is InChI=1S/C26H22F3N3O3.ClH/c27-26(28,29)24-12-21(30-32(24)22-4-2-1-3-5-22)16-35-23-9-8-18-10-17(6-7-19(18)11-23)13-31-14-20(15-31)25(33)34;/h1-12,20H,13-16H2,(H,33,34);1H. The summed E-state index contributed by atoms with van der Waals surface area (Å²) in [4.78, 5) is 13.0. The van der Waals surface area contributed by atoms with Crippen molar-refractivity contribution in [1.82, 2.24) is 14.7 Å². The number of aliphatic carboxylic acids is 1. The average molecular weight is 518 g/mol. The lowest BCUT2D eigenvalue weighted by atomic mass is 9.99. The minimum Gasteiger partial charge on any atom is -0.487 e. The van der Waals surface area contributed by atoms with E-state index < -0.39 is 17.8 Å². The topological polar surface area (TPSA) is 67.6 Å². The fourth-order valence-electron chi connectivity index (χ4n) is 4.20. The van der Waals surface area contributed by atoms with Gasteiger partial charge in [0.2, 0.25) is 0 Å². The number of benzene rings is 3. The predicted molar refractivity (Wildman–Crippen MR) is 130 cm³/mol. The Kier molecular flexibility index (Phi) is 7.23. The third kappa shape index (κ3) is 5.47. The molecule has 1 aromatic heterocycles. The van der Waals surface area contributed by atoms with Crippen LogP contribution in [0.3, 0.4) is 0 Å². The second-order valence-corrected chi connectivity index (χ2v) is 8.63. The zero-order valence-corrected chi connectivity index (χ0v) is 19.8. The number of ether oxygens (including phenoxy) is 1. The fourth-order valence-corrected chi connectivity index (χ4v) is 4.20. The van der Waals surface area contributed by atoms with Crippen molar-refractivity contribution in [2.45, 2.75) is 19.3 Å². The first-order valence-corrected chi connectivity index (χ1v) is 11.1. The molecule has 4 aromatic rings. The Morgan fingerprint density at radius 3 is 2.39 bits per heavy atom. The van der Waals surface area contributed by atoms with Crippen LogP contribution in [0, 0.1) is 5.92 Å². The maximum atomic E-state index is 13.5. The number of rotatable bonds is 7. The van der Waals surface area contributed by atoms with Gasteiger partial charge < -0.3 is 9.84 Å². The van der Waals surface area contributed by atoms with Crippen LogP contribution in [0.1, 0.15) is 17.0 Å². The maximum absolute atomic E-state index is 13.5. The largest absolute Gasteiger partial charge is 0.487 e. The van der Waals surface area contributed by atoms with E-state index >= 15 is 0 Å². The van der Waals surface area contributed by atoms with Gasteiger partial charge in [-0.15, -0.1) is 12.4 Å². The molecule has 36 heavy (non-hydrogen) atoms. The number of alkyl halides is 3. The summed E-state index contributed by atoms with van der Waals surface area (Å²) in [5, 5.41) is 15.1. The molecule has 0 atom stereocenters. The van der Waals surface area contributed by atoms with Gasteiger partial charge in [-0.1, -0.05) is 36.4 Å². The lowest BCUT2D eigenvalue weighted by Gasteiger charge is -2.36. The number of carbonyl (C=O) groups is 1. The second kappa shape index (κ2) is 10.2. The summed E-state index contributed by atoms with van der Waals surface area (Å²) < 4.78 is 47.3. The van der Waals surface area contributed by atoms with Crippen LogP contribution in [0.15, 0.2) is 72.8 Å². The van der Waals surface area contributed by atoms with E-state index in [-0.39, 0.29) is 30.6 Å². The van der Waals surface area contributed by atoms with E-state index in [1.807, 2.05) is 30.3 Å². The number of likely N-dealkylation sites (tertiary alicyclic amines) is 1. The van der Waals surface area contributed by atoms with Gasteiger partial charge in [0.15, 0.2) is 0 Å². The SMILES string of the molecule is Cl.O=C(O)C1CN(Cc2ccc3cc(OCc4cc(C(F)(F)F)n(-c5ccccc5)n4)ccc3c2)C1. The molecule has 1 N–H and O–H groups in total. The average Bonchev–Trinajstić information content (AvgIpc) is 3.25. The molecule has 188 valence electrons. The van der Waals surface area contributed by atoms with E-state index in [1.54, 1.807) is 36.4 Å². The number of hydrogen-bond acceptors (Lipinski definition) is 4. The minimum atomic E-state index is -4.55. The first-order chi connectivity index (χ1) is 16.8. The first-order valence-electron chi connectivity index (χ1n) is 11.1. The third-order valence-corrected chi connectivity index (χ3v) is 6.03. The lowest BCUT2D eigenvalue weighted by Crippen LogP contribution is -2.49. The molecule has 1 aliphatic rings. The molecule has 5 rings (SSSR count). The van der Waals surface area contributed by atoms with Crippen LogP contribution in [0.2, 0.25) is 0 Å². The van der Waals surface area contributed by atoms with Crippen LogP contribution >= 0.6 is 12.4 Å². The summed E-state index contributed by atoms with van der Waals surface area (Å²) in [6.45, 7) is 1.68. The first kappa shape index (κ1) is 25.5.